The summed E-state index contributed by atoms with van der Waals surface area (Å²) in [5.74, 6) is -0.673. The second-order valence-corrected chi connectivity index (χ2v) is 4.63. The molecule has 0 aromatic heterocycles. The van der Waals surface area contributed by atoms with E-state index >= 15 is 0 Å². The molecule has 1 aliphatic rings. The molecule has 1 amide bonds. The number of nitrogens with two attached hydrogens (primary N) is 1. The molecule has 0 aliphatic carbocycles. The minimum Gasteiger partial charge on any atom is -0.494 e. The van der Waals surface area contributed by atoms with Gasteiger partial charge in [-0.25, -0.2) is 4.39 Å². The summed E-state index contributed by atoms with van der Waals surface area (Å²) in [7, 11) is 1.37. The third-order valence-electron chi connectivity index (χ3n) is 3.06. The highest BCUT2D eigenvalue weighted by molar-refractivity contribution is 6.34. The lowest BCUT2D eigenvalue weighted by Gasteiger charge is -2.19. The zero-order valence-electron chi connectivity index (χ0n) is 9.95. The molecule has 0 spiro atoms. The number of halogens is 2. The lowest BCUT2D eigenvalue weighted by molar-refractivity contribution is -0.117. The van der Waals surface area contributed by atoms with Crippen molar-refractivity contribution in [3.05, 3.63) is 23.0 Å². The van der Waals surface area contributed by atoms with E-state index in [0.29, 0.717) is 19.5 Å². The summed E-state index contributed by atoms with van der Waals surface area (Å²) in [4.78, 5) is 13.2. The molecule has 4 nitrogen and oxygen atoms in total. The number of hydrogen-bond acceptors (Lipinski definition) is 3. The van der Waals surface area contributed by atoms with E-state index in [2.05, 4.69) is 0 Å². The van der Waals surface area contributed by atoms with Crippen LogP contribution in [0.3, 0.4) is 0 Å². The fourth-order valence-corrected chi connectivity index (χ4v) is 2.33. The number of ether oxygens (including phenoxy) is 1. The summed E-state index contributed by atoms with van der Waals surface area (Å²) in [6.07, 6.45) is 0.323. The van der Waals surface area contributed by atoms with Gasteiger partial charge in [-0.05, 0) is 24.6 Å². The number of amides is 1. The van der Waals surface area contributed by atoms with Gasteiger partial charge in [0.1, 0.15) is 5.69 Å². The number of anilines is 1. The van der Waals surface area contributed by atoms with Crippen LogP contribution in [0, 0.1) is 11.7 Å². The highest BCUT2D eigenvalue weighted by atomic mass is 35.5. The fraction of sp³-hybridized carbons (Fsp3) is 0.417. The van der Waals surface area contributed by atoms with Crippen LogP contribution in [0.2, 0.25) is 5.02 Å². The molecular weight excluding hydrogens is 259 g/mol. The predicted octanol–water partition coefficient (Wildman–Crippen LogP) is 1.80. The minimum absolute atomic E-state index is 0.0409. The Morgan fingerprint density at radius 2 is 2.33 bits per heavy atom. The number of rotatable bonds is 3. The highest BCUT2D eigenvalue weighted by Crippen LogP contribution is 2.37. The van der Waals surface area contributed by atoms with Gasteiger partial charge in [0.05, 0.1) is 12.1 Å². The van der Waals surface area contributed by atoms with E-state index in [0.717, 1.165) is 0 Å². The Morgan fingerprint density at radius 3 is 2.89 bits per heavy atom. The maximum Gasteiger partial charge on any atom is 0.227 e. The number of methoxy groups -OCH3 is 1. The number of hydrogen-bond donors (Lipinski definition) is 1. The summed E-state index contributed by atoms with van der Waals surface area (Å²) < 4.78 is 19.0. The van der Waals surface area contributed by atoms with Crippen LogP contribution in [0.1, 0.15) is 6.42 Å². The first-order valence-electron chi connectivity index (χ1n) is 5.61. The first-order chi connectivity index (χ1) is 8.58. The smallest absolute Gasteiger partial charge is 0.227 e. The van der Waals surface area contributed by atoms with Crippen molar-refractivity contribution >= 4 is 23.2 Å². The average Bonchev–Trinajstić information content (AvgIpc) is 2.71. The molecular formula is C12H14ClFN2O2. The van der Waals surface area contributed by atoms with Gasteiger partial charge in [0.25, 0.3) is 0 Å². The Balaban J connectivity index is 2.42. The van der Waals surface area contributed by atoms with Crippen LogP contribution >= 0.6 is 11.6 Å². The molecule has 0 saturated carbocycles. The highest BCUT2D eigenvalue weighted by Gasteiger charge is 2.33. The summed E-state index contributed by atoms with van der Waals surface area (Å²) in [6.45, 7) is 0.782. The molecule has 98 valence electrons. The van der Waals surface area contributed by atoms with Crippen molar-refractivity contribution in [2.75, 3.05) is 25.1 Å². The zero-order chi connectivity index (χ0) is 13.3. The molecule has 6 heteroatoms. The second-order valence-electron chi connectivity index (χ2n) is 4.22. The van der Waals surface area contributed by atoms with E-state index in [1.165, 1.54) is 24.1 Å². The van der Waals surface area contributed by atoms with Crippen molar-refractivity contribution < 1.29 is 13.9 Å². The van der Waals surface area contributed by atoms with Crippen LogP contribution < -0.4 is 15.4 Å². The van der Waals surface area contributed by atoms with Crippen LogP contribution in [0.4, 0.5) is 10.1 Å². The van der Waals surface area contributed by atoms with E-state index in [1.807, 2.05) is 0 Å². The molecule has 1 aromatic rings. The quantitative estimate of drug-likeness (QED) is 0.913. The van der Waals surface area contributed by atoms with Gasteiger partial charge in [-0.2, -0.15) is 0 Å². The normalized spacial score (nSPS) is 19.4. The second kappa shape index (κ2) is 5.12. The number of carbonyl (C=O) groups is 1. The lowest BCUT2D eigenvalue weighted by Crippen LogP contribution is -2.27. The van der Waals surface area contributed by atoms with E-state index in [4.69, 9.17) is 22.1 Å². The Morgan fingerprint density at radius 1 is 1.61 bits per heavy atom. The molecule has 1 aromatic carbocycles. The lowest BCUT2D eigenvalue weighted by atomic mass is 10.1. The molecule has 2 rings (SSSR count). The third kappa shape index (κ3) is 2.15. The van der Waals surface area contributed by atoms with Gasteiger partial charge in [0.2, 0.25) is 5.91 Å². The van der Waals surface area contributed by atoms with Crippen molar-refractivity contribution in [2.24, 2.45) is 11.7 Å². The molecule has 2 N–H and O–H groups in total. The van der Waals surface area contributed by atoms with Crippen molar-refractivity contribution in [3.8, 4) is 5.75 Å². The van der Waals surface area contributed by atoms with Gasteiger partial charge in [0.15, 0.2) is 11.6 Å². The Kier molecular flexibility index (Phi) is 3.73. The predicted molar refractivity (Wildman–Crippen MR) is 67.5 cm³/mol. The maximum absolute atomic E-state index is 14.2. The number of benzene rings is 1. The molecule has 1 aliphatic heterocycles. The first-order valence-corrected chi connectivity index (χ1v) is 5.98. The SMILES string of the molecule is COc1ccc(Cl)c(N2CC(CN)CC2=O)c1F. The van der Waals surface area contributed by atoms with Gasteiger partial charge in [-0.1, -0.05) is 11.6 Å². The Bertz CT molecular complexity index is 481. The molecule has 18 heavy (non-hydrogen) atoms. The topological polar surface area (TPSA) is 55.6 Å². The van der Waals surface area contributed by atoms with Crippen molar-refractivity contribution in [3.63, 3.8) is 0 Å². The standard InChI is InChI=1S/C12H14ClFN2O2/c1-18-9-3-2-8(13)12(11(9)14)16-6-7(5-15)4-10(16)17/h2-3,7H,4-6,15H2,1H3. The monoisotopic (exact) mass is 272 g/mol. The summed E-state index contributed by atoms with van der Waals surface area (Å²) in [6, 6.07) is 2.95. The van der Waals surface area contributed by atoms with Gasteiger partial charge >= 0.3 is 0 Å². The van der Waals surface area contributed by atoms with E-state index in [1.54, 1.807) is 0 Å². The van der Waals surface area contributed by atoms with Crippen LogP contribution in [-0.2, 0) is 4.79 Å². The molecule has 0 bridgehead atoms. The molecule has 1 fully saturated rings. The van der Waals surface area contributed by atoms with Gasteiger partial charge < -0.3 is 15.4 Å². The average molecular weight is 273 g/mol. The van der Waals surface area contributed by atoms with Gasteiger partial charge in [-0.15, -0.1) is 0 Å². The molecule has 1 saturated heterocycles. The third-order valence-corrected chi connectivity index (χ3v) is 3.36. The van der Waals surface area contributed by atoms with Gasteiger partial charge in [-0.3, -0.25) is 4.79 Å². The Labute approximate surface area is 109 Å². The van der Waals surface area contributed by atoms with E-state index < -0.39 is 5.82 Å². The summed E-state index contributed by atoms with van der Waals surface area (Å²) in [5.41, 5.74) is 5.62. The molecule has 1 atom stereocenters. The fourth-order valence-electron chi connectivity index (χ4n) is 2.08. The van der Waals surface area contributed by atoms with Gasteiger partial charge in [0, 0.05) is 13.0 Å². The Hall–Kier alpha value is -1.33. The number of carbonyl (C=O) groups excluding carboxylic acids is 1. The van der Waals surface area contributed by atoms with Crippen molar-refractivity contribution in [1.82, 2.24) is 0 Å². The van der Waals surface area contributed by atoms with E-state index in [-0.39, 0.29) is 28.3 Å². The van der Waals surface area contributed by atoms with E-state index in [9.17, 15) is 9.18 Å². The summed E-state index contributed by atoms with van der Waals surface area (Å²) in [5, 5.41) is 0.194. The van der Waals surface area contributed by atoms with Crippen molar-refractivity contribution in [2.45, 2.75) is 6.42 Å². The molecule has 1 heterocycles. The van der Waals surface area contributed by atoms with Crippen LogP contribution in [0.15, 0.2) is 12.1 Å². The first kappa shape index (κ1) is 13.1. The van der Waals surface area contributed by atoms with Crippen molar-refractivity contribution in [1.29, 1.82) is 0 Å². The van der Waals surface area contributed by atoms with Crippen LogP contribution in [0.5, 0.6) is 5.75 Å². The molecule has 1 unspecified atom stereocenters. The summed E-state index contributed by atoms with van der Waals surface area (Å²) >= 11 is 5.97. The largest absolute Gasteiger partial charge is 0.494 e. The zero-order valence-corrected chi connectivity index (χ0v) is 10.7. The molecule has 0 radical (unpaired) electrons. The van der Waals surface area contributed by atoms with Crippen LogP contribution in [0.25, 0.3) is 0 Å². The maximum atomic E-state index is 14.2. The minimum atomic E-state index is -0.615. The van der Waals surface area contributed by atoms with Crippen LogP contribution in [-0.4, -0.2) is 26.1 Å². The number of nitrogens with zero attached hydrogens (tertiary/aromatic N) is 1.